The van der Waals surface area contributed by atoms with Gasteiger partial charge in [-0.15, -0.1) is 0 Å². The number of nitrogens with one attached hydrogen (secondary N) is 1. The van der Waals surface area contributed by atoms with Crippen molar-refractivity contribution in [3.8, 4) is 0 Å². The second-order valence-corrected chi connectivity index (χ2v) is 6.34. The molecule has 96 valence electrons. The highest BCUT2D eigenvalue weighted by Crippen LogP contribution is 2.26. The maximum Gasteiger partial charge on any atom is 0.00579 e. The lowest BCUT2D eigenvalue weighted by Gasteiger charge is -2.13. The quantitative estimate of drug-likeness (QED) is 0.509. The summed E-state index contributed by atoms with van der Waals surface area (Å²) in [6, 6.07) is 0. The van der Waals surface area contributed by atoms with Crippen LogP contribution >= 0.6 is 11.8 Å². The van der Waals surface area contributed by atoms with Crippen molar-refractivity contribution in [2.45, 2.75) is 58.3 Å². The Bertz CT molecular complexity index is 142. The van der Waals surface area contributed by atoms with Gasteiger partial charge in [-0.05, 0) is 31.1 Å². The van der Waals surface area contributed by atoms with Gasteiger partial charge in [0.15, 0.2) is 0 Å². The first-order valence-corrected chi connectivity index (χ1v) is 8.37. The van der Waals surface area contributed by atoms with Crippen LogP contribution in [0.2, 0.25) is 0 Å². The monoisotopic (exact) mass is 243 g/mol. The first-order valence-electron chi connectivity index (χ1n) is 7.22. The van der Waals surface area contributed by atoms with E-state index in [0.29, 0.717) is 0 Å². The summed E-state index contributed by atoms with van der Waals surface area (Å²) < 4.78 is 0. The van der Waals surface area contributed by atoms with Crippen molar-refractivity contribution in [3.63, 3.8) is 0 Å². The third-order valence-electron chi connectivity index (χ3n) is 3.57. The molecular weight excluding hydrogens is 214 g/mol. The molecule has 0 aromatic carbocycles. The summed E-state index contributed by atoms with van der Waals surface area (Å²) >= 11 is 2.03. The van der Waals surface area contributed by atoms with Gasteiger partial charge in [0.1, 0.15) is 0 Å². The van der Waals surface area contributed by atoms with Crippen LogP contribution in [0.5, 0.6) is 0 Å². The Balaban J connectivity index is 1.86. The van der Waals surface area contributed by atoms with Crippen LogP contribution in [-0.2, 0) is 0 Å². The van der Waals surface area contributed by atoms with Crippen LogP contribution in [-0.4, -0.2) is 24.6 Å². The zero-order valence-corrected chi connectivity index (χ0v) is 11.8. The largest absolute Gasteiger partial charge is 0.316 e. The molecule has 0 aromatic rings. The number of hydrogen-bond donors (Lipinski definition) is 1. The normalized spacial score (nSPS) is 18.6. The van der Waals surface area contributed by atoms with Gasteiger partial charge in [-0.3, -0.25) is 0 Å². The average Bonchev–Trinajstić information content (AvgIpc) is 2.56. The molecule has 0 aromatic heterocycles. The van der Waals surface area contributed by atoms with E-state index < -0.39 is 0 Å². The van der Waals surface area contributed by atoms with Crippen LogP contribution < -0.4 is 5.32 Å². The highest BCUT2D eigenvalue weighted by atomic mass is 32.2. The first-order chi connectivity index (χ1) is 7.93. The fourth-order valence-electron chi connectivity index (χ4n) is 2.58. The van der Waals surface area contributed by atoms with E-state index in [1.54, 1.807) is 0 Å². The van der Waals surface area contributed by atoms with Gasteiger partial charge in [-0.1, -0.05) is 45.4 Å². The zero-order chi connectivity index (χ0) is 11.5. The molecule has 0 aliphatic heterocycles. The molecule has 0 spiro atoms. The lowest BCUT2D eigenvalue weighted by Crippen LogP contribution is -2.19. The minimum Gasteiger partial charge on any atom is -0.316 e. The molecule has 1 saturated carbocycles. The van der Waals surface area contributed by atoms with Crippen molar-refractivity contribution in [2.24, 2.45) is 5.92 Å². The summed E-state index contributed by atoms with van der Waals surface area (Å²) in [7, 11) is 0. The number of thioether (sulfide) groups is 1. The Kier molecular flexibility index (Phi) is 9.40. The summed E-state index contributed by atoms with van der Waals surface area (Å²) in [6.07, 6.45) is 11.8. The molecular formula is C14H29NS. The molecule has 0 bridgehead atoms. The Labute approximate surface area is 106 Å². The minimum absolute atomic E-state index is 1.05. The van der Waals surface area contributed by atoms with Gasteiger partial charge in [0, 0.05) is 12.3 Å². The van der Waals surface area contributed by atoms with Crippen LogP contribution in [0.4, 0.5) is 0 Å². The van der Waals surface area contributed by atoms with E-state index in [0.717, 1.165) is 5.92 Å². The minimum atomic E-state index is 1.05. The van der Waals surface area contributed by atoms with E-state index in [1.165, 1.54) is 76.0 Å². The van der Waals surface area contributed by atoms with E-state index >= 15 is 0 Å². The highest BCUT2D eigenvalue weighted by molar-refractivity contribution is 7.99. The lowest BCUT2D eigenvalue weighted by molar-refractivity contribution is 0.411. The van der Waals surface area contributed by atoms with Crippen molar-refractivity contribution in [3.05, 3.63) is 0 Å². The molecule has 1 N–H and O–H groups in total. The molecule has 16 heavy (non-hydrogen) atoms. The predicted octanol–water partition coefficient (Wildman–Crippen LogP) is 4.08. The molecule has 0 radical (unpaired) electrons. The molecule has 1 aliphatic carbocycles. The van der Waals surface area contributed by atoms with Crippen molar-refractivity contribution in [1.29, 1.82) is 0 Å². The Hall–Kier alpha value is 0.310. The third-order valence-corrected chi connectivity index (χ3v) is 4.47. The molecule has 0 saturated heterocycles. The summed E-state index contributed by atoms with van der Waals surface area (Å²) in [5, 5.41) is 3.55. The zero-order valence-electron chi connectivity index (χ0n) is 11.0. The van der Waals surface area contributed by atoms with E-state index in [1.807, 2.05) is 11.8 Å². The Morgan fingerprint density at radius 3 is 2.50 bits per heavy atom. The molecule has 0 atom stereocenters. The summed E-state index contributed by atoms with van der Waals surface area (Å²) in [5.41, 5.74) is 0. The molecule has 0 amide bonds. The maximum atomic E-state index is 3.55. The second-order valence-electron chi connectivity index (χ2n) is 4.95. The molecule has 1 fully saturated rings. The summed E-state index contributed by atoms with van der Waals surface area (Å²) in [6.45, 7) is 4.67. The van der Waals surface area contributed by atoms with Crippen LogP contribution in [0.1, 0.15) is 58.3 Å². The van der Waals surface area contributed by atoms with Crippen LogP contribution in [0, 0.1) is 5.92 Å². The Morgan fingerprint density at radius 2 is 1.81 bits per heavy atom. The first kappa shape index (κ1) is 14.4. The van der Waals surface area contributed by atoms with E-state index in [2.05, 4.69) is 12.2 Å². The predicted molar refractivity (Wildman–Crippen MR) is 76.3 cm³/mol. The molecule has 1 nitrogen and oxygen atoms in total. The molecule has 0 unspecified atom stereocenters. The van der Waals surface area contributed by atoms with Gasteiger partial charge in [0.2, 0.25) is 0 Å². The average molecular weight is 243 g/mol. The van der Waals surface area contributed by atoms with Crippen LogP contribution in [0.3, 0.4) is 0 Å². The van der Waals surface area contributed by atoms with Gasteiger partial charge in [0.05, 0.1) is 0 Å². The van der Waals surface area contributed by atoms with Gasteiger partial charge in [-0.25, -0.2) is 0 Å². The highest BCUT2D eigenvalue weighted by Gasteiger charge is 2.11. The van der Waals surface area contributed by atoms with Crippen molar-refractivity contribution >= 4 is 11.8 Å². The summed E-state index contributed by atoms with van der Waals surface area (Å²) in [4.78, 5) is 0. The van der Waals surface area contributed by atoms with Crippen molar-refractivity contribution in [1.82, 2.24) is 5.32 Å². The fraction of sp³-hybridized carbons (Fsp3) is 1.00. The van der Waals surface area contributed by atoms with E-state index in [-0.39, 0.29) is 0 Å². The fourth-order valence-corrected chi connectivity index (χ4v) is 3.16. The smallest absolute Gasteiger partial charge is 0.00579 e. The van der Waals surface area contributed by atoms with Crippen molar-refractivity contribution < 1.29 is 0 Å². The van der Waals surface area contributed by atoms with E-state index in [9.17, 15) is 0 Å². The number of rotatable bonds is 8. The van der Waals surface area contributed by atoms with E-state index in [4.69, 9.17) is 0 Å². The molecule has 2 heteroatoms. The molecule has 1 rings (SSSR count). The molecule has 0 heterocycles. The summed E-state index contributed by atoms with van der Waals surface area (Å²) in [5.74, 6) is 3.58. The van der Waals surface area contributed by atoms with Gasteiger partial charge < -0.3 is 5.32 Å². The lowest BCUT2D eigenvalue weighted by atomic mass is 9.95. The second kappa shape index (κ2) is 10.5. The van der Waals surface area contributed by atoms with Crippen LogP contribution in [0.25, 0.3) is 0 Å². The standard InChI is InChI=1S/C14H29NS/c1-2-16-13-12-15-11-7-10-14-8-5-3-4-6-9-14/h14-15H,2-13H2,1H3. The number of hydrogen-bond acceptors (Lipinski definition) is 2. The van der Waals surface area contributed by atoms with Gasteiger partial charge >= 0.3 is 0 Å². The van der Waals surface area contributed by atoms with Crippen molar-refractivity contribution in [2.75, 3.05) is 24.6 Å². The topological polar surface area (TPSA) is 12.0 Å². The molecule has 1 aliphatic rings. The maximum absolute atomic E-state index is 3.55. The van der Waals surface area contributed by atoms with Gasteiger partial charge in [0.25, 0.3) is 0 Å². The third kappa shape index (κ3) is 7.56. The Morgan fingerprint density at radius 1 is 1.06 bits per heavy atom. The van der Waals surface area contributed by atoms with Gasteiger partial charge in [-0.2, -0.15) is 11.8 Å². The van der Waals surface area contributed by atoms with Crippen LogP contribution in [0.15, 0.2) is 0 Å². The SMILES string of the molecule is CCSCCNCCCC1CCCCCC1.